The Labute approximate surface area is 80.5 Å². The zero-order valence-corrected chi connectivity index (χ0v) is 8.68. The van der Waals surface area contributed by atoms with Gasteiger partial charge in [-0.25, -0.2) is 0 Å². The molecule has 1 fully saturated rings. The summed E-state index contributed by atoms with van der Waals surface area (Å²) in [7, 11) is 1.72. The van der Waals surface area contributed by atoms with Crippen LogP contribution in [0.4, 0.5) is 0 Å². The van der Waals surface area contributed by atoms with E-state index in [9.17, 15) is 5.11 Å². The molecular weight excluding hydrogens is 166 g/mol. The van der Waals surface area contributed by atoms with Crippen LogP contribution in [0.15, 0.2) is 0 Å². The van der Waals surface area contributed by atoms with Gasteiger partial charge in [0.05, 0.1) is 6.61 Å². The first-order valence-electron chi connectivity index (χ1n) is 5.07. The SMILES string of the molecule is COCC(C)CNC1(CO)CCC1. The van der Waals surface area contributed by atoms with E-state index in [2.05, 4.69) is 12.2 Å². The van der Waals surface area contributed by atoms with Gasteiger partial charge in [0.15, 0.2) is 0 Å². The predicted molar refractivity (Wildman–Crippen MR) is 52.7 cm³/mol. The highest BCUT2D eigenvalue weighted by Crippen LogP contribution is 2.31. The molecule has 0 saturated heterocycles. The van der Waals surface area contributed by atoms with Crippen LogP contribution in [0.5, 0.6) is 0 Å². The molecule has 0 aromatic carbocycles. The highest BCUT2D eigenvalue weighted by Gasteiger charge is 2.35. The Morgan fingerprint density at radius 2 is 2.23 bits per heavy atom. The summed E-state index contributed by atoms with van der Waals surface area (Å²) in [6.07, 6.45) is 3.47. The summed E-state index contributed by atoms with van der Waals surface area (Å²) < 4.78 is 5.05. The molecule has 0 radical (unpaired) electrons. The number of ether oxygens (including phenoxy) is 1. The van der Waals surface area contributed by atoms with Crippen LogP contribution in [0.25, 0.3) is 0 Å². The molecule has 1 aliphatic rings. The van der Waals surface area contributed by atoms with Crippen LogP contribution < -0.4 is 5.32 Å². The van der Waals surface area contributed by atoms with Crippen molar-refractivity contribution in [2.75, 3.05) is 26.9 Å². The van der Waals surface area contributed by atoms with Crippen LogP contribution in [0, 0.1) is 5.92 Å². The fraction of sp³-hybridized carbons (Fsp3) is 1.00. The van der Waals surface area contributed by atoms with Crippen molar-refractivity contribution < 1.29 is 9.84 Å². The second-order valence-electron chi connectivity index (χ2n) is 4.23. The van der Waals surface area contributed by atoms with Crippen LogP contribution in [0.1, 0.15) is 26.2 Å². The number of methoxy groups -OCH3 is 1. The van der Waals surface area contributed by atoms with Crippen molar-refractivity contribution >= 4 is 0 Å². The third-order valence-electron chi connectivity index (χ3n) is 2.89. The minimum absolute atomic E-state index is 0.0437. The van der Waals surface area contributed by atoms with Crippen molar-refractivity contribution in [3.63, 3.8) is 0 Å². The minimum Gasteiger partial charge on any atom is -0.394 e. The molecule has 0 aromatic rings. The second-order valence-corrected chi connectivity index (χ2v) is 4.23. The van der Waals surface area contributed by atoms with Crippen LogP contribution in [-0.4, -0.2) is 37.5 Å². The first-order chi connectivity index (χ1) is 6.22. The van der Waals surface area contributed by atoms with Crippen LogP contribution in [0.3, 0.4) is 0 Å². The lowest BCUT2D eigenvalue weighted by Crippen LogP contribution is -2.55. The number of hydrogen-bond donors (Lipinski definition) is 2. The van der Waals surface area contributed by atoms with Crippen molar-refractivity contribution in [3.05, 3.63) is 0 Å². The van der Waals surface area contributed by atoms with Crippen molar-refractivity contribution in [3.8, 4) is 0 Å². The fourth-order valence-corrected chi connectivity index (χ4v) is 1.73. The molecule has 0 aromatic heterocycles. The molecular formula is C10H21NO2. The molecule has 78 valence electrons. The Hall–Kier alpha value is -0.120. The largest absolute Gasteiger partial charge is 0.394 e. The second kappa shape index (κ2) is 4.94. The van der Waals surface area contributed by atoms with Gasteiger partial charge in [0, 0.05) is 25.8 Å². The van der Waals surface area contributed by atoms with Crippen molar-refractivity contribution in [1.29, 1.82) is 0 Å². The molecule has 13 heavy (non-hydrogen) atoms. The summed E-state index contributed by atoms with van der Waals surface area (Å²) in [6, 6.07) is 0. The number of aliphatic hydroxyl groups excluding tert-OH is 1. The Morgan fingerprint density at radius 1 is 1.54 bits per heavy atom. The topological polar surface area (TPSA) is 41.5 Å². The van der Waals surface area contributed by atoms with Gasteiger partial charge in [-0.05, 0) is 25.2 Å². The summed E-state index contributed by atoms with van der Waals surface area (Å²) in [5, 5.41) is 12.6. The molecule has 0 bridgehead atoms. The summed E-state index contributed by atoms with van der Waals surface area (Å²) in [5.41, 5.74) is 0.0437. The van der Waals surface area contributed by atoms with Gasteiger partial charge in [0.1, 0.15) is 0 Å². The van der Waals surface area contributed by atoms with E-state index in [0.29, 0.717) is 5.92 Å². The summed E-state index contributed by atoms with van der Waals surface area (Å²) in [5.74, 6) is 0.522. The number of aliphatic hydroxyl groups is 1. The van der Waals surface area contributed by atoms with Gasteiger partial charge >= 0.3 is 0 Å². The Bertz CT molecular complexity index is 140. The molecule has 1 aliphatic carbocycles. The third-order valence-corrected chi connectivity index (χ3v) is 2.89. The Morgan fingerprint density at radius 3 is 2.62 bits per heavy atom. The lowest BCUT2D eigenvalue weighted by molar-refractivity contribution is 0.0771. The molecule has 3 heteroatoms. The van der Waals surface area contributed by atoms with Gasteiger partial charge in [0.2, 0.25) is 0 Å². The predicted octanol–water partition coefficient (Wildman–Crippen LogP) is 0.773. The molecule has 1 unspecified atom stereocenters. The summed E-state index contributed by atoms with van der Waals surface area (Å²) in [4.78, 5) is 0. The quantitative estimate of drug-likeness (QED) is 0.645. The summed E-state index contributed by atoms with van der Waals surface area (Å²) in [6.45, 7) is 4.15. The molecule has 2 N–H and O–H groups in total. The molecule has 0 aliphatic heterocycles. The van der Waals surface area contributed by atoms with E-state index in [0.717, 1.165) is 26.0 Å². The Kier molecular flexibility index (Phi) is 4.16. The molecule has 1 rings (SSSR count). The average Bonchev–Trinajstić information content (AvgIpc) is 2.04. The van der Waals surface area contributed by atoms with Gasteiger partial charge in [-0.3, -0.25) is 0 Å². The van der Waals surface area contributed by atoms with Crippen LogP contribution in [0.2, 0.25) is 0 Å². The fourth-order valence-electron chi connectivity index (χ4n) is 1.73. The van der Waals surface area contributed by atoms with Crippen LogP contribution >= 0.6 is 0 Å². The van der Waals surface area contributed by atoms with Gasteiger partial charge in [-0.2, -0.15) is 0 Å². The molecule has 1 saturated carbocycles. The zero-order valence-electron chi connectivity index (χ0n) is 8.68. The van der Waals surface area contributed by atoms with E-state index in [1.54, 1.807) is 7.11 Å². The lowest BCUT2D eigenvalue weighted by Gasteiger charge is -2.42. The Balaban J connectivity index is 2.16. The smallest absolute Gasteiger partial charge is 0.0613 e. The number of nitrogens with one attached hydrogen (secondary N) is 1. The summed E-state index contributed by atoms with van der Waals surface area (Å²) >= 11 is 0. The molecule has 1 atom stereocenters. The highest BCUT2D eigenvalue weighted by molar-refractivity contribution is 4.95. The van der Waals surface area contributed by atoms with E-state index in [1.807, 2.05) is 0 Å². The number of rotatable bonds is 6. The van der Waals surface area contributed by atoms with Gasteiger partial charge in [-0.1, -0.05) is 6.92 Å². The van der Waals surface area contributed by atoms with Gasteiger partial charge in [0.25, 0.3) is 0 Å². The molecule has 3 nitrogen and oxygen atoms in total. The molecule has 0 heterocycles. The molecule has 0 spiro atoms. The van der Waals surface area contributed by atoms with E-state index in [4.69, 9.17) is 4.74 Å². The minimum atomic E-state index is 0.0437. The maximum atomic E-state index is 9.19. The van der Waals surface area contributed by atoms with E-state index in [-0.39, 0.29) is 12.1 Å². The van der Waals surface area contributed by atoms with Crippen molar-refractivity contribution in [2.45, 2.75) is 31.7 Å². The zero-order chi connectivity index (χ0) is 9.73. The lowest BCUT2D eigenvalue weighted by atomic mass is 9.77. The first kappa shape index (κ1) is 11.0. The number of hydrogen-bond acceptors (Lipinski definition) is 3. The van der Waals surface area contributed by atoms with E-state index >= 15 is 0 Å². The maximum Gasteiger partial charge on any atom is 0.0613 e. The first-order valence-corrected chi connectivity index (χ1v) is 5.07. The monoisotopic (exact) mass is 187 g/mol. The van der Waals surface area contributed by atoms with Crippen molar-refractivity contribution in [1.82, 2.24) is 5.32 Å². The van der Waals surface area contributed by atoms with Crippen LogP contribution in [-0.2, 0) is 4.74 Å². The third kappa shape index (κ3) is 2.93. The maximum absolute atomic E-state index is 9.19. The average molecular weight is 187 g/mol. The standard InChI is InChI=1S/C10H21NO2/c1-9(7-13-2)6-11-10(8-12)4-3-5-10/h9,11-12H,3-8H2,1-2H3. The van der Waals surface area contributed by atoms with Crippen molar-refractivity contribution in [2.24, 2.45) is 5.92 Å². The van der Waals surface area contributed by atoms with E-state index < -0.39 is 0 Å². The molecule has 0 amide bonds. The van der Waals surface area contributed by atoms with E-state index in [1.165, 1.54) is 6.42 Å². The van der Waals surface area contributed by atoms with Gasteiger partial charge in [-0.15, -0.1) is 0 Å². The van der Waals surface area contributed by atoms with Gasteiger partial charge < -0.3 is 15.2 Å². The normalized spacial score (nSPS) is 22.4. The highest BCUT2D eigenvalue weighted by atomic mass is 16.5.